The highest BCUT2D eigenvalue weighted by atomic mass is 19.1. The predicted molar refractivity (Wildman–Crippen MR) is 106 cm³/mol. The molecule has 3 aromatic rings. The van der Waals surface area contributed by atoms with Crippen LogP contribution >= 0.6 is 0 Å². The van der Waals surface area contributed by atoms with Crippen LogP contribution in [0.4, 0.5) is 10.1 Å². The molecule has 6 heteroatoms. The van der Waals surface area contributed by atoms with Crippen LogP contribution in [0.5, 0.6) is 17.2 Å². The predicted octanol–water partition coefficient (Wildman–Crippen LogP) is 4.77. The highest BCUT2D eigenvalue weighted by Crippen LogP contribution is 2.33. The second kappa shape index (κ2) is 8.43. The van der Waals surface area contributed by atoms with Crippen molar-refractivity contribution in [3.8, 4) is 28.4 Å². The maximum absolute atomic E-state index is 13.9. The van der Waals surface area contributed by atoms with Crippen LogP contribution in [0.25, 0.3) is 11.1 Å². The molecular formula is C22H20FNO4. The van der Waals surface area contributed by atoms with Crippen LogP contribution in [0, 0.1) is 5.82 Å². The number of anilines is 1. The first kappa shape index (κ1) is 19.2. The van der Waals surface area contributed by atoms with Crippen LogP contribution in [-0.4, -0.2) is 27.2 Å². The Labute approximate surface area is 162 Å². The van der Waals surface area contributed by atoms with Gasteiger partial charge in [0.25, 0.3) is 5.91 Å². The summed E-state index contributed by atoms with van der Waals surface area (Å²) in [5.74, 6) is 0.478. The van der Waals surface area contributed by atoms with Gasteiger partial charge in [-0.15, -0.1) is 0 Å². The number of hydrogen-bond donors (Lipinski definition) is 1. The van der Waals surface area contributed by atoms with Gasteiger partial charge in [-0.3, -0.25) is 4.79 Å². The number of halogens is 1. The van der Waals surface area contributed by atoms with Crippen LogP contribution in [-0.2, 0) is 0 Å². The first-order chi connectivity index (χ1) is 13.5. The Morgan fingerprint density at radius 1 is 0.821 bits per heavy atom. The Morgan fingerprint density at radius 3 is 2.11 bits per heavy atom. The van der Waals surface area contributed by atoms with Gasteiger partial charge in [0.1, 0.15) is 11.5 Å². The summed E-state index contributed by atoms with van der Waals surface area (Å²) in [6.07, 6.45) is 0. The van der Waals surface area contributed by atoms with Gasteiger partial charge in [-0.05, 0) is 54.1 Å². The normalized spacial score (nSPS) is 10.3. The van der Waals surface area contributed by atoms with Gasteiger partial charge < -0.3 is 19.5 Å². The zero-order valence-corrected chi connectivity index (χ0v) is 15.8. The molecule has 0 unspecified atom stereocenters. The Hall–Kier alpha value is -3.54. The Morgan fingerprint density at radius 2 is 1.50 bits per heavy atom. The molecule has 3 rings (SSSR count). The van der Waals surface area contributed by atoms with Crippen molar-refractivity contribution in [2.75, 3.05) is 26.6 Å². The molecule has 0 saturated carbocycles. The molecule has 0 heterocycles. The lowest BCUT2D eigenvalue weighted by Gasteiger charge is -2.13. The molecule has 5 nitrogen and oxygen atoms in total. The summed E-state index contributed by atoms with van der Waals surface area (Å²) in [6.45, 7) is 0. The minimum absolute atomic E-state index is 0.0859. The van der Waals surface area contributed by atoms with E-state index in [1.807, 2.05) is 24.3 Å². The van der Waals surface area contributed by atoms with Crippen LogP contribution in [0.1, 0.15) is 10.4 Å². The lowest BCUT2D eigenvalue weighted by molar-refractivity contribution is 0.102. The standard InChI is InChI=1S/C22H20FNO4/c1-26-17-8-4-14(5-9-17)18-13-16(7-11-20(18)27-2)24-22(25)15-6-10-21(28-3)19(23)12-15/h4-13H,1-3H3,(H,24,25). The maximum atomic E-state index is 13.9. The number of carbonyl (C=O) groups is 1. The van der Waals surface area contributed by atoms with Gasteiger partial charge >= 0.3 is 0 Å². The Bertz CT molecular complexity index is 986. The molecule has 144 valence electrons. The monoisotopic (exact) mass is 381 g/mol. The minimum Gasteiger partial charge on any atom is -0.497 e. The van der Waals surface area contributed by atoms with E-state index in [4.69, 9.17) is 14.2 Å². The summed E-state index contributed by atoms with van der Waals surface area (Å²) in [5.41, 5.74) is 2.47. The number of rotatable bonds is 6. The van der Waals surface area contributed by atoms with Crippen LogP contribution in [0.2, 0.25) is 0 Å². The number of amides is 1. The second-order valence-electron chi connectivity index (χ2n) is 5.95. The van der Waals surface area contributed by atoms with E-state index >= 15 is 0 Å². The maximum Gasteiger partial charge on any atom is 0.255 e. The number of nitrogens with one attached hydrogen (secondary N) is 1. The average molecular weight is 381 g/mol. The van der Waals surface area contributed by atoms with Gasteiger partial charge in [-0.25, -0.2) is 4.39 Å². The Kier molecular flexibility index (Phi) is 5.79. The zero-order chi connectivity index (χ0) is 20.1. The van der Waals surface area contributed by atoms with Crippen molar-refractivity contribution in [1.82, 2.24) is 0 Å². The lowest BCUT2D eigenvalue weighted by Crippen LogP contribution is -2.12. The summed E-state index contributed by atoms with van der Waals surface area (Å²) in [7, 11) is 4.56. The van der Waals surface area contributed by atoms with Crippen molar-refractivity contribution in [3.05, 3.63) is 72.0 Å². The molecule has 0 aliphatic carbocycles. The quantitative estimate of drug-likeness (QED) is 0.668. The molecule has 0 saturated heterocycles. The zero-order valence-electron chi connectivity index (χ0n) is 15.8. The van der Waals surface area contributed by atoms with Crippen LogP contribution < -0.4 is 19.5 Å². The fraction of sp³-hybridized carbons (Fsp3) is 0.136. The van der Waals surface area contributed by atoms with Gasteiger partial charge in [0.2, 0.25) is 0 Å². The summed E-state index contributed by atoms with van der Waals surface area (Å²) < 4.78 is 29.4. The number of ether oxygens (including phenoxy) is 3. The van der Waals surface area contributed by atoms with Crippen molar-refractivity contribution in [3.63, 3.8) is 0 Å². The first-order valence-electron chi connectivity index (χ1n) is 8.53. The van der Waals surface area contributed by atoms with E-state index in [9.17, 15) is 9.18 Å². The van der Waals surface area contributed by atoms with Crippen molar-refractivity contribution < 1.29 is 23.4 Å². The molecule has 0 aliphatic rings. The number of carbonyl (C=O) groups excluding carboxylic acids is 1. The summed E-state index contributed by atoms with van der Waals surface area (Å²) in [6, 6.07) is 16.9. The van der Waals surface area contributed by atoms with Crippen molar-refractivity contribution in [1.29, 1.82) is 0 Å². The largest absolute Gasteiger partial charge is 0.497 e. The van der Waals surface area contributed by atoms with E-state index in [-0.39, 0.29) is 11.3 Å². The van der Waals surface area contributed by atoms with E-state index in [0.717, 1.165) is 22.9 Å². The molecule has 0 radical (unpaired) electrons. The van der Waals surface area contributed by atoms with Crippen molar-refractivity contribution >= 4 is 11.6 Å². The fourth-order valence-electron chi connectivity index (χ4n) is 2.79. The van der Waals surface area contributed by atoms with E-state index < -0.39 is 11.7 Å². The van der Waals surface area contributed by atoms with E-state index in [2.05, 4.69) is 5.32 Å². The Balaban J connectivity index is 1.88. The summed E-state index contributed by atoms with van der Waals surface area (Å²) in [5, 5.41) is 2.78. The summed E-state index contributed by atoms with van der Waals surface area (Å²) >= 11 is 0. The molecule has 0 fully saturated rings. The molecule has 1 N–H and O–H groups in total. The minimum atomic E-state index is -0.594. The molecular weight excluding hydrogens is 361 g/mol. The SMILES string of the molecule is COc1ccc(-c2cc(NC(=O)c3ccc(OC)c(F)c3)ccc2OC)cc1. The van der Waals surface area contributed by atoms with Crippen molar-refractivity contribution in [2.24, 2.45) is 0 Å². The smallest absolute Gasteiger partial charge is 0.255 e. The molecule has 28 heavy (non-hydrogen) atoms. The third-order valence-corrected chi connectivity index (χ3v) is 4.27. The van der Waals surface area contributed by atoms with Gasteiger partial charge in [-0.1, -0.05) is 12.1 Å². The average Bonchev–Trinajstić information content (AvgIpc) is 2.73. The molecule has 0 spiro atoms. The topological polar surface area (TPSA) is 56.8 Å². The molecule has 0 atom stereocenters. The number of benzene rings is 3. The molecule has 0 aromatic heterocycles. The summed E-state index contributed by atoms with van der Waals surface area (Å²) in [4.78, 5) is 12.5. The molecule has 3 aromatic carbocycles. The lowest BCUT2D eigenvalue weighted by atomic mass is 10.0. The first-order valence-corrected chi connectivity index (χ1v) is 8.53. The molecule has 1 amide bonds. The highest BCUT2D eigenvalue weighted by Gasteiger charge is 2.13. The van der Waals surface area contributed by atoms with Crippen molar-refractivity contribution in [2.45, 2.75) is 0 Å². The van der Waals surface area contributed by atoms with E-state index in [1.165, 1.54) is 19.2 Å². The van der Waals surface area contributed by atoms with E-state index in [1.54, 1.807) is 32.4 Å². The molecule has 0 aliphatic heterocycles. The number of hydrogen-bond acceptors (Lipinski definition) is 4. The number of methoxy groups -OCH3 is 3. The van der Waals surface area contributed by atoms with Crippen LogP contribution in [0.3, 0.4) is 0 Å². The van der Waals surface area contributed by atoms with Gasteiger partial charge in [0.05, 0.1) is 21.3 Å². The van der Waals surface area contributed by atoms with Crippen LogP contribution in [0.15, 0.2) is 60.7 Å². The van der Waals surface area contributed by atoms with Gasteiger partial charge in [0.15, 0.2) is 11.6 Å². The fourth-order valence-corrected chi connectivity index (χ4v) is 2.79. The second-order valence-corrected chi connectivity index (χ2v) is 5.95. The van der Waals surface area contributed by atoms with Gasteiger partial charge in [0, 0.05) is 16.8 Å². The third kappa shape index (κ3) is 4.06. The van der Waals surface area contributed by atoms with E-state index in [0.29, 0.717) is 11.4 Å². The highest BCUT2D eigenvalue weighted by molar-refractivity contribution is 6.04. The van der Waals surface area contributed by atoms with Gasteiger partial charge in [-0.2, -0.15) is 0 Å². The third-order valence-electron chi connectivity index (χ3n) is 4.27. The molecule has 0 bridgehead atoms.